The summed E-state index contributed by atoms with van der Waals surface area (Å²) in [6.07, 6.45) is 3.25. The van der Waals surface area contributed by atoms with Gasteiger partial charge in [0.1, 0.15) is 12.7 Å². The summed E-state index contributed by atoms with van der Waals surface area (Å²) in [7, 11) is 0. The van der Waals surface area contributed by atoms with E-state index in [4.69, 9.17) is 11.6 Å². The highest BCUT2D eigenvalue weighted by atomic mass is 35.5. The van der Waals surface area contributed by atoms with Crippen LogP contribution in [-0.2, 0) is 6.54 Å². The van der Waals surface area contributed by atoms with Crippen molar-refractivity contribution in [2.75, 3.05) is 19.6 Å². The maximum Gasteiger partial charge on any atom is 0.138 e. The molecule has 0 aliphatic carbocycles. The number of piperazine rings is 1. The number of rotatable bonds is 4. The fourth-order valence-electron chi connectivity index (χ4n) is 3.32. The van der Waals surface area contributed by atoms with E-state index in [-0.39, 0.29) is 18.4 Å². The summed E-state index contributed by atoms with van der Waals surface area (Å²) < 4.78 is 1.77. The van der Waals surface area contributed by atoms with Crippen LogP contribution >= 0.6 is 24.0 Å². The van der Waals surface area contributed by atoms with Crippen LogP contribution in [-0.4, -0.2) is 39.3 Å². The molecule has 1 fully saturated rings. The van der Waals surface area contributed by atoms with Gasteiger partial charge in [0.15, 0.2) is 0 Å². The maximum atomic E-state index is 6.43. The lowest BCUT2D eigenvalue weighted by molar-refractivity contribution is 0.154. The molecule has 1 saturated heterocycles. The Bertz CT molecular complexity index is 820. The summed E-state index contributed by atoms with van der Waals surface area (Å²) >= 11 is 6.43. The molecule has 0 bridgehead atoms. The molecule has 0 radical (unpaired) electrons. The predicted octanol–water partition coefficient (Wildman–Crippen LogP) is 3.49. The van der Waals surface area contributed by atoms with Crippen molar-refractivity contribution in [2.45, 2.75) is 12.6 Å². The minimum atomic E-state index is 0. The first-order chi connectivity index (χ1) is 12.3. The second kappa shape index (κ2) is 8.64. The van der Waals surface area contributed by atoms with E-state index >= 15 is 0 Å². The maximum absolute atomic E-state index is 6.43. The average molecular weight is 390 g/mol. The van der Waals surface area contributed by atoms with Crippen LogP contribution in [0.2, 0.25) is 5.02 Å². The van der Waals surface area contributed by atoms with E-state index in [9.17, 15) is 0 Å². The van der Waals surface area contributed by atoms with Gasteiger partial charge in [-0.2, -0.15) is 5.10 Å². The van der Waals surface area contributed by atoms with Crippen LogP contribution in [0.15, 0.2) is 61.2 Å². The lowest BCUT2D eigenvalue weighted by Crippen LogP contribution is -2.45. The topological polar surface area (TPSA) is 46.0 Å². The Morgan fingerprint density at radius 1 is 1.12 bits per heavy atom. The SMILES string of the molecule is Cl.Clc1ccccc1C1CNCCN1Cc1ccc(-n2cncn2)cc1. The van der Waals surface area contributed by atoms with Crippen molar-refractivity contribution >= 4 is 24.0 Å². The molecule has 0 saturated carbocycles. The highest BCUT2D eigenvalue weighted by Gasteiger charge is 2.25. The Kier molecular flexibility index (Phi) is 6.27. The standard InChI is InChI=1S/C19H20ClN5.ClH/c20-18-4-2-1-3-17(18)19-11-21-9-10-24(19)12-15-5-7-16(8-6-15)25-14-22-13-23-25;/h1-8,13-14,19,21H,9-12H2;1H. The van der Waals surface area contributed by atoms with Crippen molar-refractivity contribution in [3.05, 3.63) is 77.3 Å². The van der Waals surface area contributed by atoms with Crippen molar-refractivity contribution in [3.8, 4) is 5.69 Å². The second-order valence-electron chi connectivity index (χ2n) is 6.22. The van der Waals surface area contributed by atoms with Gasteiger partial charge in [0, 0.05) is 37.2 Å². The molecule has 1 atom stereocenters. The van der Waals surface area contributed by atoms with Crippen LogP contribution in [0.5, 0.6) is 0 Å². The Hall–Kier alpha value is -1.92. The minimum Gasteiger partial charge on any atom is -0.314 e. The molecule has 7 heteroatoms. The normalized spacial score (nSPS) is 17.7. The molecule has 1 unspecified atom stereocenters. The van der Waals surface area contributed by atoms with Crippen molar-refractivity contribution < 1.29 is 0 Å². The van der Waals surface area contributed by atoms with E-state index < -0.39 is 0 Å². The third-order valence-corrected chi connectivity index (χ3v) is 4.97. The highest BCUT2D eigenvalue weighted by molar-refractivity contribution is 6.31. The van der Waals surface area contributed by atoms with Crippen LogP contribution < -0.4 is 5.32 Å². The van der Waals surface area contributed by atoms with Gasteiger partial charge in [0.25, 0.3) is 0 Å². The number of nitrogens with one attached hydrogen (secondary N) is 1. The molecule has 0 amide bonds. The Balaban J connectivity index is 0.00000196. The summed E-state index contributed by atoms with van der Waals surface area (Å²) in [5.74, 6) is 0. The Morgan fingerprint density at radius 2 is 1.92 bits per heavy atom. The van der Waals surface area contributed by atoms with E-state index in [0.29, 0.717) is 0 Å². The largest absolute Gasteiger partial charge is 0.314 e. The van der Waals surface area contributed by atoms with Crippen molar-refractivity contribution in [1.82, 2.24) is 25.0 Å². The molecule has 2 aromatic carbocycles. The van der Waals surface area contributed by atoms with Crippen molar-refractivity contribution in [3.63, 3.8) is 0 Å². The summed E-state index contributed by atoms with van der Waals surface area (Å²) in [6, 6.07) is 16.9. The highest BCUT2D eigenvalue weighted by Crippen LogP contribution is 2.29. The number of halogens is 2. The summed E-state index contributed by atoms with van der Waals surface area (Å²) in [5, 5.41) is 8.49. The van der Waals surface area contributed by atoms with Crippen LogP contribution in [0.1, 0.15) is 17.2 Å². The van der Waals surface area contributed by atoms with Crippen molar-refractivity contribution in [2.24, 2.45) is 0 Å². The number of hydrogen-bond acceptors (Lipinski definition) is 4. The fraction of sp³-hybridized carbons (Fsp3) is 0.263. The second-order valence-corrected chi connectivity index (χ2v) is 6.63. The number of aromatic nitrogens is 3. The molecule has 0 spiro atoms. The Labute approximate surface area is 164 Å². The predicted molar refractivity (Wildman–Crippen MR) is 106 cm³/mol. The van der Waals surface area contributed by atoms with Crippen LogP contribution in [0, 0.1) is 0 Å². The van der Waals surface area contributed by atoms with E-state index in [1.807, 2.05) is 12.1 Å². The molecule has 5 nitrogen and oxygen atoms in total. The van der Waals surface area contributed by atoms with E-state index in [0.717, 1.165) is 36.9 Å². The molecule has 1 N–H and O–H groups in total. The van der Waals surface area contributed by atoms with Gasteiger partial charge >= 0.3 is 0 Å². The number of hydrogen-bond donors (Lipinski definition) is 1. The first kappa shape index (κ1) is 18.9. The molecule has 136 valence electrons. The van der Waals surface area contributed by atoms with Gasteiger partial charge in [-0.05, 0) is 29.3 Å². The van der Waals surface area contributed by atoms with Crippen LogP contribution in [0.4, 0.5) is 0 Å². The van der Waals surface area contributed by atoms with Gasteiger partial charge in [-0.25, -0.2) is 9.67 Å². The summed E-state index contributed by atoms with van der Waals surface area (Å²) in [6.45, 7) is 3.81. The molecule has 1 aliphatic heterocycles. The molecular formula is C19H21Cl2N5. The van der Waals surface area contributed by atoms with Crippen molar-refractivity contribution in [1.29, 1.82) is 0 Å². The third kappa shape index (κ3) is 4.07. The van der Waals surface area contributed by atoms with Crippen LogP contribution in [0.25, 0.3) is 5.69 Å². The smallest absolute Gasteiger partial charge is 0.138 e. The van der Waals surface area contributed by atoms with Gasteiger partial charge in [-0.3, -0.25) is 4.90 Å². The van der Waals surface area contributed by atoms with Crippen LogP contribution in [0.3, 0.4) is 0 Å². The fourth-order valence-corrected chi connectivity index (χ4v) is 3.58. The molecule has 26 heavy (non-hydrogen) atoms. The minimum absolute atomic E-state index is 0. The third-order valence-electron chi connectivity index (χ3n) is 4.62. The molecule has 2 heterocycles. The van der Waals surface area contributed by atoms with E-state index in [1.165, 1.54) is 11.1 Å². The molecule has 4 rings (SSSR count). The van der Waals surface area contributed by atoms with Gasteiger partial charge in [0.2, 0.25) is 0 Å². The zero-order valence-corrected chi connectivity index (χ0v) is 15.8. The van der Waals surface area contributed by atoms with E-state index in [2.05, 4.69) is 56.7 Å². The van der Waals surface area contributed by atoms with E-state index in [1.54, 1.807) is 17.3 Å². The molecule has 1 aliphatic rings. The van der Waals surface area contributed by atoms with Gasteiger partial charge < -0.3 is 5.32 Å². The first-order valence-electron chi connectivity index (χ1n) is 8.44. The first-order valence-corrected chi connectivity index (χ1v) is 8.82. The van der Waals surface area contributed by atoms with Gasteiger partial charge in [-0.1, -0.05) is 41.9 Å². The number of nitrogens with zero attached hydrogens (tertiary/aromatic N) is 4. The molecule has 3 aromatic rings. The Morgan fingerprint density at radius 3 is 2.65 bits per heavy atom. The zero-order valence-electron chi connectivity index (χ0n) is 14.3. The lowest BCUT2D eigenvalue weighted by Gasteiger charge is -2.37. The van der Waals surface area contributed by atoms with Gasteiger partial charge in [0.05, 0.1) is 5.69 Å². The van der Waals surface area contributed by atoms with Gasteiger partial charge in [-0.15, -0.1) is 12.4 Å². The molecular weight excluding hydrogens is 369 g/mol. The summed E-state index contributed by atoms with van der Waals surface area (Å²) in [4.78, 5) is 6.48. The summed E-state index contributed by atoms with van der Waals surface area (Å²) in [5.41, 5.74) is 3.49. The molecule has 1 aromatic heterocycles. The average Bonchev–Trinajstić information content (AvgIpc) is 3.18. The lowest BCUT2D eigenvalue weighted by atomic mass is 10.0. The number of benzene rings is 2. The zero-order chi connectivity index (χ0) is 17.1. The quantitative estimate of drug-likeness (QED) is 0.741. The monoisotopic (exact) mass is 389 g/mol.